The molecule has 2 aromatic rings. The molecule has 0 unspecified atom stereocenters. The maximum atomic E-state index is 11.8. The van der Waals surface area contributed by atoms with Gasteiger partial charge < -0.3 is 15.5 Å². The van der Waals surface area contributed by atoms with Crippen molar-refractivity contribution in [3.05, 3.63) is 45.9 Å². The number of nitrogens with zero attached hydrogens (tertiary/aromatic N) is 2. The summed E-state index contributed by atoms with van der Waals surface area (Å²) in [7, 11) is 0. The van der Waals surface area contributed by atoms with E-state index in [1.54, 1.807) is 11.3 Å². The van der Waals surface area contributed by atoms with E-state index in [0.717, 1.165) is 35.8 Å². The SMILES string of the molecule is Cc1csc(CCNC(=O)NCc2ccc(N3CCCC3)cc2)n1. The van der Waals surface area contributed by atoms with Gasteiger partial charge in [-0.05, 0) is 37.5 Å². The lowest BCUT2D eigenvalue weighted by Crippen LogP contribution is -2.36. The summed E-state index contributed by atoms with van der Waals surface area (Å²) in [5.41, 5.74) is 3.43. The standard InChI is InChI=1S/C18H24N4OS/c1-14-13-24-17(21-14)8-9-19-18(23)20-12-15-4-6-16(7-5-15)22-10-2-3-11-22/h4-7,13H,2-3,8-12H2,1H3,(H2,19,20,23). The molecule has 1 fully saturated rings. The van der Waals surface area contributed by atoms with Crippen LogP contribution in [0.5, 0.6) is 0 Å². The predicted molar refractivity (Wildman–Crippen MR) is 98.7 cm³/mol. The number of benzene rings is 1. The Morgan fingerprint density at radius 2 is 1.96 bits per heavy atom. The molecule has 0 aliphatic carbocycles. The van der Waals surface area contributed by atoms with Crippen LogP contribution in [0.4, 0.5) is 10.5 Å². The van der Waals surface area contributed by atoms with Crippen molar-refractivity contribution in [2.75, 3.05) is 24.5 Å². The Balaban J connectivity index is 1.37. The number of carbonyl (C=O) groups excluding carboxylic acids is 1. The second kappa shape index (κ2) is 8.15. The van der Waals surface area contributed by atoms with Crippen molar-refractivity contribution in [2.45, 2.75) is 32.7 Å². The molecule has 0 saturated carbocycles. The molecule has 1 aliphatic rings. The molecular weight excluding hydrogens is 320 g/mol. The predicted octanol–water partition coefficient (Wildman–Crippen LogP) is 3.09. The fourth-order valence-electron chi connectivity index (χ4n) is 2.85. The van der Waals surface area contributed by atoms with E-state index < -0.39 is 0 Å². The molecule has 128 valence electrons. The van der Waals surface area contributed by atoms with Gasteiger partial charge in [-0.3, -0.25) is 0 Å². The third kappa shape index (κ3) is 4.71. The number of amides is 2. The maximum absolute atomic E-state index is 11.8. The normalized spacial score (nSPS) is 14.0. The minimum Gasteiger partial charge on any atom is -0.372 e. The topological polar surface area (TPSA) is 57.3 Å². The van der Waals surface area contributed by atoms with Crippen LogP contribution >= 0.6 is 11.3 Å². The van der Waals surface area contributed by atoms with Gasteiger partial charge in [0.25, 0.3) is 0 Å². The molecule has 0 atom stereocenters. The highest BCUT2D eigenvalue weighted by molar-refractivity contribution is 7.09. The summed E-state index contributed by atoms with van der Waals surface area (Å²) in [5.74, 6) is 0. The molecule has 1 aliphatic heterocycles. The number of hydrogen-bond acceptors (Lipinski definition) is 4. The molecular formula is C18H24N4OS. The second-order valence-corrected chi connectivity index (χ2v) is 7.05. The largest absolute Gasteiger partial charge is 0.372 e. The van der Waals surface area contributed by atoms with E-state index in [4.69, 9.17) is 0 Å². The van der Waals surface area contributed by atoms with Crippen LogP contribution in [0.3, 0.4) is 0 Å². The average molecular weight is 344 g/mol. The molecule has 5 nitrogen and oxygen atoms in total. The Morgan fingerprint density at radius 1 is 1.21 bits per heavy atom. The zero-order valence-electron chi connectivity index (χ0n) is 14.0. The minimum absolute atomic E-state index is 0.133. The molecule has 2 N–H and O–H groups in total. The van der Waals surface area contributed by atoms with Gasteiger partial charge in [0.05, 0.1) is 5.01 Å². The van der Waals surface area contributed by atoms with Crippen molar-refractivity contribution in [1.82, 2.24) is 15.6 Å². The van der Waals surface area contributed by atoms with Crippen LogP contribution in [0.15, 0.2) is 29.6 Å². The number of thiazole rings is 1. The van der Waals surface area contributed by atoms with E-state index in [2.05, 4.69) is 44.8 Å². The van der Waals surface area contributed by atoms with Gasteiger partial charge >= 0.3 is 6.03 Å². The van der Waals surface area contributed by atoms with Gasteiger partial charge in [0.1, 0.15) is 0 Å². The summed E-state index contributed by atoms with van der Waals surface area (Å²) in [6.07, 6.45) is 3.34. The molecule has 2 amide bonds. The van der Waals surface area contributed by atoms with Gasteiger partial charge in [-0.2, -0.15) is 0 Å². The van der Waals surface area contributed by atoms with Gasteiger partial charge in [0, 0.05) is 49.4 Å². The lowest BCUT2D eigenvalue weighted by atomic mass is 10.2. The molecule has 1 aromatic carbocycles. The van der Waals surface area contributed by atoms with E-state index in [9.17, 15) is 4.79 Å². The molecule has 2 heterocycles. The van der Waals surface area contributed by atoms with Crippen molar-refractivity contribution in [2.24, 2.45) is 0 Å². The van der Waals surface area contributed by atoms with Gasteiger partial charge in [-0.15, -0.1) is 11.3 Å². The first-order valence-electron chi connectivity index (χ1n) is 8.47. The van der Waals surface area contributed by atoms with Gasteiger partial charge in [-0.25, -0.2) is 9.78 Å². The highest BCUT2D eigenvalue weighted by Crippen LogP contribution is 2.20. The van der Waals surface area contributed by atoms with E-state index in [0.29, 0.717) is 13.1 Å². The highest BCUT2D eigenvalue weighted by atomic mass is 32.1. The summed E-state index contributed by atoms with van der Waals surface area (Å²) < 4.78 is 0. The van der Waals surface area contributed by atoms with Crippen molar-refractivity contribution in [3.8, 4) is 0 Å². The first-order valence-corrected chi connectivity index (χ1v) is 9.35. The van der Waals surface area contributed by atoms with Crippen LogP contribution in [0.25, 0.3) is 0 Å². The van der Waals surface area contributed by atoms with Crippen LogP contribution in [-0.2, 0) is 13.0 Å². The number of rotatable bonds is 6. The monoisotopic (exact) mass is 344 g/mol. The number of urea groups is 1. The number of hydrogen-bond donors (Lipinski definition) is 2. The van der Waals surface area contributed by atoms with Crippen LogP contribution in [0.2, 0.25) is 0 Å². The van der Waals surface area contributed by atoms with Gasteiger partial charge in [-0.1, -0.05) is 12.1 Å². The van der Waals surface area contributed by atoms with E-state index in [1.165, 1.54) is 18.5 Å². The zero-order chi connectivity index (χ0) is 16.8. The summed E-state index contributed by atoms with van der Waals surface area (Å²) in [4.78, 5) is 18.6. The van der Waals surface area contributed by atoms with Crippen molar-refractivity contribution >= 4 is 23.1 Å². The lowest BCUT2D eigenvalue weighted by molar-refractivity contribution is 0.240. The van der Waals surface area contributed by atoms with Crippen molar-refractivity contribution < 1.29 is 4.79 Å². The second-order valence-electron chi connectivity index (χ2n) is 6.10. The fraction of sp³-hybridized carbons (Fsp3) is 0.444. The highest BCUT2D eigenvalue weighted by Gasteiger charge is 2.11. The van der Waals surface area contributed by atoms with E-state index in [1.807, 2.05) is 12.3 Å². The first-order chi connectivity index (χ1) is 11.7. The molecule has 1 aromatic heterocycles. The molecule has 0 bridgehead atoms. The number of carbonyl (C=O) groups is 1. The number of anilines is 1. The smallest absolute Gasteiger partial charge is 0.315 e. The molecule has 3 rings (SSSR count). The zero-order valence-corrected chi connectivity index (χ0v) is 14.9. The fourth-order valence-corrected chi connectivity index (χ4v) is 3.62. The van der Waals surface area contributed by atoms with Gasteiger partial charge in [0.15, 0.2) is 0 Å². The molecule has 0 radical (unpaired) electrons. The van der Waals surface area contributed by atoms with E-state index in [-0.39, 0.29) is 6.03 Å². The van der Waals surface area contributed by atoms with Crippen LogP contribution in [0, 0.1) is 6.92 Å². The molecule has 0 spiro atoms. The summed E-state index contributed by atoms with van der Waals surface area (Å²) in [6, 6.07) is 8.33. The van der Waals surface area contributed by atoms with Crippen LogP contribution in [-0.4, -0.2) is 30.6 Å². The van der Waals surface area contributed by atoms with Crippen molar-refractivity contribution in [1.29, 1.82) is 0 Å². The first kappa shape index (κ1) is 16.8. The molecule has 24 heavy (non-hydrogen) atoms. The lowest BCUT2D eigenvalue weighted by Gasteiger charge is -2.17. The van der Waals surface area contributed by atoms with Crippen LogP contribution < -0.4 is 15.5 Å². The number of aromatic nitrogens is 1. The number of nitrogens with one attached hydrogen (secondary N) is 2. The third-order valence-electron chi connectivity index (χ3n) is 4.15. The third-order valence-corrected chi connectivity index (χ3v) is 5.18. The average Bonchev–Trinajstić information content (AvgIpc) is 3.25. The Bertz CT molecular complexity index is 662. The van der Waals surface area contributed by atoms with Gasteiger partial charge in [0.2, 0.25) is 0 Å². The van der Waals surface area contributed by atoms with E-state index >= 15 is 0 Å². The number of aryl methyl sites for hydroxylation is 1. The summed E-state index contributed by atoms with van der Waals surface area (Å²) in [6.45, 7) is 5.43. The summed E-state index contributed by atoms with van der Waals surface area (Å²) in [5, 5.41) is 8.86. The van der Waals surface area contributed by atoms with Crippen molar-refractivity contribution in [3.63, 3.8) is 0 Å². The Hall–Kier alpha value is -2.08. The minimum atomic E-state index is -0.133. The Kier molecular flexibility index (Phi) is 5.69. The van der Waals surface area contributed by atoms with Crippen LogP contribution in [0.1, 0.15) is 29.1 Å². The Morgan fingerprint density at radius 3 is 2.62 bits per heavy atom. The maximum Gasteiger partial charge on any atom is 0.315 e. The summed E-state index contributed by atoms with van der Waals surface area (Å²) >= 11 is 1.64. The molecule has 1 saturated heterocycles. The Labute approximate surface area is 147 Å². The molecule has 6 heteroatoms. The quantitative estimate of drug-likeness (QED) is 0.847.